The van der Waals surface area contributed by atoms with E-state index in [0.29, 0.717) is 0 Å². The zero-order valence-electron chi connectivity index (χ0n) is 9.48. The molecule has 0 fully saturated rings. The van der Waals surface area contributed by atoms with Gasteiger partial charge in [-0.05, 0) is 0 Å². The molecule has 0 atom stereocenters. The Bertz CT molecular complexity index is 656. The van der Waals surface area contributed by atoms with Gasteiger partial charge in [0.05, 0.1) is 24.2 Å². The zero-order chi connectivity index (χ0) is 14.0. The number of esters is 1. The highest BCUT2D eigenvalue weighted by molar-refractivity contribution is 6.29. The van der Waals surface area contributed by atoms with Gasteiger partial charge in [-0.15, -0.1) is 5.10 Å². The van der Waals surface area contributed by atoms with Gasteiger partial charge in [0, 0.05) is 0 Å². The van der Waals surface area contributed by atoms with Crippen LogP contribution in [0.25, 0.3) is 5.82 Å². The van der Waals surface area contributed by atoms with Crippen LogP contribution < -0.4 is 0 Å². The van der Waals surface area contributed by atoms with Gasteiger partial charge in [-0.25, -0.2) is 19.4 Å². The summed E-state index contributed by atoms with van der Waals surface area (Å²) in [5.74, 6) is -0.843. The van der Waals surface area contributed by atoms with Gasteiger partial charge in [0.15, 0.2) is 5.82 Å². The minimum absolute atomic E-state index is 0.0701. The maximum absolute atomic E-state index is 11.2. The predicted molar refractivity (Wildman–Crippen MR) is 62.2 cm³/mol. The van der Waals surface area contributed by atoms with Crippen molar-refractivity contribution in [1.82, 2.24) is 19.7 Å². The molecule has 0 saturated heterocycles. The second kappa shape index (κ2) is 4.98. The fraction of sp³-hybridized carbons (Fsp3) is 0.111. The number of hydrogen-bond donors (Lipinski definition) is 0. The molecule has 0 radical (unpaired) electrons. The number of hydrogen-bond acceptors (Lipinski definition) is 7. The molecule has 2 heterocycles. The lowest BCUT2D eigenvalue weighted by Gasteiger charge is -2.00. The van der Waals surface area contributed by atoms with Crippen LogP contribution >= 0.6 is 11.6 Å². The Morgan fingerprint density at radius 3 is 2.89 bits per heavy atom. The molecule has 98 valence electrons. The van der Waals surface area contributed by atoms with E-state index in [1.165, 1.54) is 13.4 Å². The van der Waals surface area contributed by atoms with Gasteiger partial charge in [0.1, 0.15) is 11.5 Å². The number of carbonyl (C=O) groups excluding carboxylic acids is 1. The van der Waals surface area contributed by atoms with Crippen molar-refractivity contribution in [3.05, 3.63) is 39.6 Å². The van der Waals surface area contributed by atoms with Crippen molar-refractivity contribution in [1.29, 1.82) is 0 Å². The molecule has 2 rings (SSSR count). The molecule has 19 heavy (non-hydrogen) atoms. The second-order valence-electron chi connectivity index (χ2n) is 3.27. The molecule has 9 nitrogen and oxygen atoms in total. The summed E-state index contributed by atoms with van der Waals surface area (Å²) >= 11 is 5.67. The molecule has 2 aromatic heterocycles. The molecule has 0 aliphatic rings. The van der Waals surface area contributed by atoms with Crippen LogP contribution in [0.2, 0.25) is 5.15 Å². The maximum atomic E-state index is 11.2. The fourth-order valence-corrected chi connectivity index (χ4v) is 1.45. The Hall–Kier alpha value is -2.55. The number of methoxy groups -OCH3 is 1. The summed E-state index contributed by atoms with van der Waals surface area (Å²) in [4.78, 5) is 28.8. The lowest BCUT2D eigenvalue weighted by atomic mass is 10.4. The van der Waals surface area contributed by atoms with Gasteiger partial charge in [-0.3, -0.25) is 10.1 Å². The molecule has 0 spiro atoms. The third kappa shape index (κ3) is 2.65. The number of aromatic nitrogens is 4. The SMILES string of the molecule is COC(=O)c1ncn(-c2cc([N+](=O)[O-])cc(Cl)n2)n1. The number of ether oxygens (including phenoxy) is 1. The highest BCUT2D eigenvalue weighted by Gasteiger charge is 2.15. The zero-order valence-corrected chi connectivity index (χ0v) is 10.2. The summed E-state index contributed by atoms with van der Waals surface area (Å²) in [5.41, 5.74) is -0.245. The molecule has 0 amide bonds. The van der Waals surface area contributed by atoms with E-state index in [-0.39, 0.29) is 22.5 Å². The number of nitro groups is 1. The summed E-state index contributed by atoms with van der Waals surface area (Å²) < 4.78 is 5.53. The molecular formula is C9H6ClN5O4. The third-order valence-corrected chi connectivity index (χ3v) is 2.26. The fourth-order valence-electron chi connectivity index (χ4n) is 1.25. The number of rotatable bonds is 3. The summed E-state index contributed by atoms with van der Waals surface area (Å²) in [6, 6.07) is 2.25. The molecule has 10 heteroatoms. The van der Waals surface area contributed by atoms with Gasteiger partial charge in [0.25, 0.3) is 11.5 Å². The van der Waals surface area contributed by atoms with Crippen molar-refractivity contribution in [2.45, 2.75) is 0 Å². The van der Waals surface area contributed by atoms with Gasteiger partial charge in [0.2, 0.25) is 0 Å². The van der Waals surface area contributed by atoms with Crippen LogP contribution in [0.4, 0.5) is 5.69 Å². The number of carbonyl (C=O) groups is 1. The first-order valence-corrected chi connectivity index (χ1v) is 5.21. The van der Waals surface area contributed by atoms with Gasteiger partial charge in [-0.1, -0.05) is 11.6 Å². The first-order chi connectivity index (χ1) is 9.01. The quantitative estimate of drug-likeness (QED) is 0.357. The van der Waals surface area contributed by atoms with Crippen molar-refractivity contribution in [2.75, 3.05) is 7.11 Å². The van der Waals surface area contributed by atoms with Crippen molar-refractivity contribution in [3.63, 3.8) is 0 Å². The summed E-state index contributed by atoms with van der Waals surface area (Å²) in [5, 5.41) is 14.4. The molecule has 2 aromatic rings. The van der Waals surface area contributed by atoms with E-state index in [4.69, 9.17) is 11.6 Å². The van der Waals surface area contributed by atoms with Crippen molar-refractivity contribution in [3.8, 4) is 5.82 Å². The monoisotopic (exact) mass is 283 g/mol. The van der Waals surface area contributed by atoms with E-state index in [2.05, 4.69) is 19.8 Å². The normalized spacial score (nSPS) is 10.2. The molecule has 0 N–H and O–H groups in total. The van der Waals surface area contributed by atoms with Crippen LogP contribution in [0, 0.1) is 10.1 Å². The number of halogens is 1. The standard InChI is InChI=1S/C9H6ClN5O4/c1-19-9(16)8-11-4-14(13-8)7-3-5(15(17)18)2-6(10)12-7/h2-4H,1H3. The third-order valence-electron chi connectivity index (χ3n) is 2.07. The lowest BCUT2D eigenvalue weighted by Crippen LogP contribution is -2.06. The van der Waals surface area contributed by atoms with Crippen LogP contribution in [0.1, 0.15) is 10.6 Å². The van der Waals surface area contributed by atoms with Gasteiger partial charge >= 0.3 is 5.97 Å². The molecule has 0 aliphatic carbocycles. The van der Waals surface area contributed by atoms with Crippen LogP contribution in [0.5, 0.6) is 0 Å². The van der Waals surface area contributed by atoms with Crippen LogP contribution in [-0.4, -0.2) is 37.8 Å². The molecule has 0 unspecified atom stereocenters. The van der Waals surface area contributed by atoms with Crippen LogP contribution in [-0.2, 0) is 4.74 Å². The summed E-state index contributed by atoms with van der Waals surface area (Å²) in [7, 11) is 1.19. The Balaban J connectivity index is 2.44. The molecule has 0 aromatic carbocycles. The topological polar surface area (TPSA) is 113 Å². The van der Waals surface area contributed by atoms with Crippen molar-refractivity contribution < 1.29 is 14.5 Å². The van der Waals surface area contributed by atoms with Gasteiger partial charge in [-0.2, -0.15) is 0 Å². The molecule has 0 aliphatic heterocycles. The summed E-state index contributed by atoms with van der Waals surface area (Å²) in [6.07, 6.45) is 1.18. The second-order valence-corrected chi connectivity index (χ2v) is 3.65. The van der Waals surface area contributed by atoms with Crippen molar-refractivity contribution in [2.24, 2.45) is 0 Å². The average Bonchev–Trinajstić information content (AvgIpc) is 2.86. The van der Waals surface area contributed by atoms with Crippen LogP contribution in [0.3, 0.4) is 0 Å². The Morgan fingerprint density at radius 2 is 2.26 bits per heavy atom. The van der Waals surface area contributed by atoms with E-state index in [1.807, 2.05) is 0 Å². The Labute approximate surface area is 110 Å². The van der Waals surface area contributed by atoms with Gasteiger partial charge < -0.3 is 4.74 Å². The predicted octanol–water partition coefficient (Wildman–Crippen LogP) is 1.01. The molecular weight excluding hydrogens is 278 g/mol. The highest BCUT2D eigenvalue weighted by atomic mass is 35.5. The minimum atomic E-state index is -0.727. The van der Waals surface area contributed by atoms with E-state index in [1.54, 1.807) is 0 Å². The average molecular weight is 284 g/mol. The smallest absolute Gasteiger partial charge is 0.377 e. The first kappa shape index (κ1) is 12.9. The van der Waals surface area contributed by atoms with E-state index >= 15 is 0 Å². The van der Waals surface area contributed by atoms with E-state index in [9.17, 15) is 14.9 Å². The van der Waals surface area contributed by atoms with E-state index in [0.717, 1.165) is 16.8 Å². The largest absolute Gasteiger partial charge is 0.463 e. The first-order valence-electron chi connectivity index (χ1n) is 4.83. The summed E-state index contributed by atoms with van der Waals surface area (Å²) in [6.45, 7) is 0. The molecule has 0 saturated carbocycles. The lowest BCUT2D eigenvalue weighted by molar-refractivity contribution is -0.384. The number of pyridine rings is 1. The maximum Gasteiger partial charge on any atom is 0.377 e. The molecule has 0 bridgehead atoms. The van der Waals surface area contributed by atoms with E-state index < -0.39 is 10.9 Å². The van der Waals surface area contributed by atoms with Crippen LogP contribution in [0.15, 0.2) is 18.5 Å². The Kier molecular flexibility index (Phi) is 3.38. The minimum Gasteiger partial charge on any atom is -0.463 e. The number of nitrogens with zero attached hydrogens (tertiary/aromatic N) is 5. The highest BCUT2D eigenvalue weighted by Crippen LogP contribution is 2.19. The Morgan fingerprint density at radius 1 is 1.53 bits per heavy atom. The van der Waals surface area contributed by atoms with Crippen molar-refractivity contribution >= 4 is 23.3 Å².